The second kappa shape index (κ2) is 6.64. The quantitative estimate of drug-likeness (QED) is 0.911. The number of halogens is 2. The number of benzene rings is 1. The Labute approximate surface area is 140 Å². The zero-order valence-corrected chi connectivity index (χ0v) is 14.0. The Morgan fingerprint density at radius 3 is 2.64 bits per heavy atom. The Balaban J connectivity index is 2.20. The predicted octanol–water partition coefficient (Wildman–Crippen LogP) is 2.86. The maximum Gasteiger partial charge on any atom is 0.234 e. The minimum absolute atomic E-state index is 0.0236. The van der Waals surface area contributed by atoms with Gasteiger partial charge in [0.15, 0.2) is 0 Å². The summed E-state index contributed by atoms with van der Waals surface area (Å²) in [7, 11) is 0. The van der Waals surface area contributed by atoms with E-state index in [1.807, 2.05) is 0 Å². The topological polar surface area (TPSA) is 82.1 Å². The molecule has 1 atom stereocenters. The van der Waals surface area contributed by atoms with Crippen LogP contribution in [-0.2, 0) is 4.79 Å². The van der Waals surface area contributed by atoms with Gasteiger partial charge in [-0.2, -0.15) is 0 Å². The summed E-state index contributed by atoms with van der Waals surface area (Å²) in [5, 5.41) is 14.8. The Hall–Kier alpha value is -1.63. The van der Waals surface area contributed by atoms with E-state index < -0.39 is 11.9 Å². The summed E-state index contributed by atoms with van der Waals surface area (Å²) in [5.41, 5.74) is 0.722. The number of aryl methyl sites for hydroxylation is 1. The van der Waals surface area contributed by atoms with Gasteiger partial charge in [0.05, 0.1) is 33.2 Å². The normalized spacial score (nSPS) is 12.0. The Kier molecular flexibility index (Phi) is 5.05. The molecule has 1 aromatic heterocycles. The lowest BCUT2D eigenvalue weighted by Gasteiger charge is -2.11. The second-order valence-corrected chi connectivity index (χ2v) is 6.46. The molecule has 0 aliphatic carbocycles. The molecule has 5 nitrogen and oxygen atoms in total. The molecule has 0 aliphatic rings. The van der Waals surface area contributed by atoms with E-state index in [1.165, 1.54) is 6.07 Å². The molecule has 0 fully saturated rings. The number of carbonyl (C=O) groups is 2. The van der Waals surface area contributed by atoms with E-state index >= 15 is 0 Å². The van der Waals surface area contributed by atoms with Crippen molar-refractivity contribution in [2.45, 2.75) is 19.8 Å². The molecule has 1 aromatic carbocycles. The molecular weight excluding hydrogens is 347 g/mol. The highest BCUT2D eigenvalue weighted by atomic mass is 35.5. The van der Waals surface area contributed by atoms with Crippen molar-refractivity contribution >= 4 is 52.1 Å². The van der Waals surface area contributed by atoms with Gasteiger partial charge in [-0.1, -0.05) is 23.2 Å². The van der Waals surface area contributed by atoms with Crippen molar-refractivity contribution in [2.75, 3.05) is 5.32 Å². The molecule has 0 unspecified atom stereocenters. The zero-order valence-electron chi connectivity index (χ0n) is 11.6. The van der Waals surface area contributed by atoms with Gasteiger partial charge < -0.3 is 15.2 Å². The van der Waals surface area contributed by atoms with Gasteiger partial charge in [0.1, 0.15) is 5.01 Å². The maximum atomic E-state index is 12.3. The van der Waals surface area contributed by atoms with Crippen LogP contribution in [0.25, 0.3) is 0 Å². The van der Waals surface area contributed by atoms with Gasteiger partial charge in [0, 0.05) is 5.02 Å². The highest BCUT2D eigenvalue weighted by Crippen LogP contribution is 2.29. The van der Waals surface area contributed by atoms with Crippen molar-refractivity contribution < 1.29 is 14.7 Å². The molecule has 0 bridgehead atoms. The van der Waals surface area contributed by atoms with Crippen LogP contribution in [-0.4, -0.2) is 16.9 Å². The van der Waals surface area contributed by atoms with Gasteiger partial charge in [-0.25, -0.2) is 4.98 Å². The molecule has 0 saturated heterocycles. The number of aromatic carboxylic acids is 1. The van der Waals surface area contributed by atoms with Crippen LogP contribution in [0.4, 0.5) is 5.69 Å². The van der Waals surface area contributed by atoms with Gasteiger partial charge >= 0.3 is 0 Å². The van der Waals surface area contributed by atoms with Crippen molar-refractivity contribution in [2.24, 2.45) is 0 Å². The van der Waals surface area contributed by atoms with Crippen LogP contribution in [0.5, 0.6) is 0 Å². The molecule has 2 aromatic rings. The van der Waals surface area contributed by atoms with Crippen LogP contribution in [0.3, 0.4) is 0 Å². The van der Waals surface area contributed by atoms with Crippen molar-refractivity contribution in [3.05, 3.63) is 43.8 Å². The van der Waals surface area contributed by atoms with Crippen LogP contribution < -0.4 is 10.4 Å². The number of thiazole rings is 1. The minimum Gasteiger partial charge on any atom is -0.544 e. The van der Waals surface area contributed by atoms with E-state index in [-0.39, 0.29) is 10.8 Å². The fourth-order valence-electron chi connectivity index (χ4n) is 1.74. The van der Waals surface area contributed by atoms with Crippen molar-refractivity contribution in [3.8, 4) is 0 Å². The molecule has 0 aliphatic heterocycles. The van der Waals surface area contributed by atoms with Gasteiger partial charge in [-0.15, -0.1) is 11.3 Å². The number of carboxylic acid groups (broad SMARTS) is 1. The molecule has 8 heteroatoms. The highest BCUT2D eigenvalue weighted by Gasteiger charge is 2.21. The third-order valence-electron chi connectivity index (χ3n) is 2.95. The Morgan fingerprint density at radius 1 is 1.36 bits per heavy atom. The average Bonchev–Trinajstić information content (AvgIpc) is 2.84. The lowest BCUT2D eigenvalue weighted by molar-refractivity contribution is -0.254. The molecule has 116 valence electrons. The van der Waals surface area contributed by atoms with Crippen LogP contribution >= 0.6 is 34.5 Å². The standard InChI is InChI=1S/C14H12Cl2N2O3S/c1-6(13-17-7(2)11(22-13)14(20)21)12(19)18-10-5-8(15)3-4-9(10)16/h3-6H,1-2H3,(H,18,19)(H,20,21)/p-1/t6-/m1/s1. The number of nitrogens with zero attached hydrogens (tertiary/aromatic N) is 1. The smallest absolute Gasteiger partial charge is 0.234 e. The largest absolute Gasteiger partial charge is 0.544 e. The molecule has 1 N–H and O–H groups in total. The molecule has 1 heterocycles. The highest BCUT2D eigenvalue weighted by molar-refractivity contribution is 7.13. The number of hydrogen-bond donors (Lipinski definition) is 1. The summed E-state index contributed by atoms with van der Waals surface area (Å²) in [6.07, 6.45) is 0. The van der Waals surface area contributed by atoms with Gasteiger partial charge in [-0.3, -0.25) is 4.79 Å². The molecular formula is C14H11Cl2N2O3S-. The van der Waals surface area contributed by atoms with Crippen LogP contribution in [0.2, 0.25) is 10.0 Å². The Bertz CT molecular complexity index is 746. The maximum absolute atomic E-state index is 12.3. The summed E-state index contributed by atoms with van der Waals surface area (Å²) < 4.78 is 0. The van der Waals surface area contributed by atoms with Crippen molar-refractivity contribution in [1.82, 2.24) is 4.98 Å². The van der Waals surface area contributed by atoms with E-state index in [0.29, 0.717) is 26.4 Å². The summed E-state index contributed by atoms with van der Waals surface area (Å²) in [6.45, 7) is 3.19. The number of rotatable bonds is 4. The first kappa shape index (κ1) is 16.7. The Morgan fingerprint density at radius 2 is 2.05 bits per heavy atom. The summed E-state index contributed by atoms with van der Waals surface area (Å²) in [5.74, 6) is -2.29. The number of anilines is 1. The van der Waals surface area contributed by atoms with Crippen LogP contribution in [0.15, 0.2) is 18.2 Å². The zero-order chi connectivity index (χ0) is 16.4. The van der Waals surface area contributed by atoms with E-state index in [4.69, 9.17) is 23.2 Å². The summed E-state index contributed by atoms with van der Waals surface area (Å²) in [4.78, 5) is 27.3. The SMILES string of the molecule is Cc1nc([C@H](C)C(=O)Nc2cc(Cl)ccc2Cl)sc1C(=O)[O-]. The van der Waals surface area contributed by atoms with E-state index in [1.54, 1.807) is 26.0 Å². The average molecular weight is 358 g/mol. The monoisotopic (exact) mass is 357 g/mol. The number of aromatic nitrogens is 1. The van der Waals surface area contributed by atoms with Crippen molar-refractivity contribution in [3.63, 3.8) is 0 Å². The predicted molar refractivity (Wildman–Crippen MR) is 84.7 cm³/mol. The van der Waals surface area contributed by atoms with Gasteiger partial charge in [0.25, 0.3) is 0 Å². The number of amides is 1. The number of nitrogens with one attached hydrogen (secondary N) is 1. The van der Waals surface area contributed by atoms with Crippen LogP contribution in [0.1, 0.15) is 33.2 Å². The first-order valence-corrected chi connectivity index (χ1v) is 7.81. The number of carbonyl (C=O) groups excluding carboxylic acids is 2. The lowest BCUT2D eigenvalue weighted by Crippen LogP contribution is -2.21. The molecule has 2 rings (SSSR count). The lowest BCUT2D eigenvalue weighted by atomic mass is 10.1. The molecule has 22 heavy (non-hydrogen) atoms. The first-order chi connectivity index (χ1) is 10.3. The molecule has 1 amide bonds. The van der Waals surface area contributed by atoms with Gasteiger partial charge in [0.2, 0.25) is 5.91 Å². The van der Waals surface area contributed by atoms with E-state index in [9.17, 15) is 14.7 Å². The van der Waals surface area contributed by atoms with Crippen molar-refractivity contribution in [1.29, 1.82) is 0 Å². The summed E-state index contributed by atoms with van der Waals surface area (Å²) in [6, 6.07) is 4.72. The first-order valence-electron chi connectivity index (χ1n) is 6.24. The second-order valence-electron chi connectivity index (χ2n) is 4.59. The van der Waals surface area contributed by atoms with E-state index in [2.05, 4.69) is 10.3 Å². The molecule has 0 saturated carbocycles. The van der Waals surface area contributed by atoms with E-state index in [0.717, 1.165) is 11.3 Å². The summed E-state index contributed by atoms with van der Waals surface area (Å²) >= 11 is 12.8. The van der Waals surface area contributed by atoms with Gasteiger partial charge in [-0.05, 0) is 32.0 Å². The van der Waals surface area contributed by atoms with Crippen LogP contribution in [0, 0.1) is 6.92 Å². The third kappa shape index (κ3) is 3.58. The number of carboxylic acids is 1. The minimum atomic E-state index is -1.30. The fourth-order valence-corrected chi connectivity index (χ4v) is 3.03. The molecule has 0 spiro atoms. The third-order valence-corrected chi connectivity index (χ3v) is 4.83. The number of hydrogen-bond acceptors (Lipinski definition) is 5. The fraction of sp³-hybridized carbons (Fsp3) is 0.214. The molecule has 0 radical (unpaired) electrons.